The number of nitrogens with one attached hydrogen (secondary N) is 3. The minimum atomic E-state index is -4.78. The molecule has 0 aromatic heterocycles. The molecule has 11 nitrogen and oxygen atoms in total. The maximum absolute atomic E-state index is 12.1. The van der Waals surface area contributed by atoms with E-state index in [1.807, 2.05) is 0 Å². The molecule has 0 atom stereocenters. The van der Waals surface area contributed by atoms with Gasteiger partial charge in [0.1, 0.15) is 9.79 Å². The van der Waals surface area contributed by atoms with E-state index in [0.29, 0.717) is 0 Å². The molecule has 5 N–H and O–H groups in total. The topological polar surface area (TPSA) is 179 Å². The van der Waals surface area contributed by atoms with Gasteiger partial charge in [0.2, 0.25) is 10.0 Å². The molecule has 0 aliphatic carbocycles. The van der Waals surface area contributed by atoms with Crippen LogP contribution in [0.3, 0.4) is 0 Å². The largest absolute Gasteiger partial charge is 1.00 e. The summed E-state index contributed by atoms with van der Waals surface area (Å²) in [6.07, 6.45) is 2.41. The van der Waals surface area contributed by atoms with E-state index in [9.17, 15) is 34.4 Å². The maximum Gasteiger partial charge on any atom is 1.00 e. The quantitative estimate of drug-likeness (QED) is 0.118. The van der Waals surface area contributed by atoms with Crippen molar-refractivity contribution in [1.82, 2.24) is 5.32 Å². The molecule has 0 aliphatic heterocycles. The Balaban J connectivity index is 0.00000612. The van der Waals surface area contributed by atoms with E-state index in [0.717, 1.165) is 12.1 Å². The van der Waals surface area contributed by atoms with E-state index < -0.39 is 45.3 Å². The van der Waals surface area contributed by atoms with Gasteiger partial charge in [-0.05, 0) is 61.5 Å². The average Bonchev–Trinajstić information content (AvgIpc) is 2.71. The Bertz CT molecular complexity index is 1450. The molecule has 0 amide bonds. The Morgan fingerprint density at radius 2 is 1.29 bits per heavy atom. The van der Waals surface area contributed by atoms with Gasteiger partial charge < -0.3 is 10.6 Å². The second kappa shape index (κ2) is 12.1. The van der Waals surface area contributed by atoms with Crippen molar-refractivity contribution in [2.45, 2.75) is 28.9 Å². The van der Waals surface area contributed by atoms with Gasteiger partial charge in [-0.3, -0.25) is 13.8 Å². The smallest absolute Gasteiger partial charge is 0.366 e. The fraction of sp³-hybridized carbons (Fsp3) is 0.211. The van der Waals surface area contributed by atoms with Crippen molar-refractivity contribution in [2.24, 2.45) is 0 Å². The Kier molecular flexibility index (Phi) is 10.9. The van der Waals surface area contributed by atoms with Gasteiger partial charge in [0.25, 0.3) is 20.2 Å². The molecule has 186 valence electrons. The van der Waals surface area contributed by atoms with Gasteiger partial charge in [-0.1, -0.05) is 24.3 Å². The summed E-state index contributed by atoms with van der Waals surface area (Å²) in [5.41, 5.74) is 0.127. The number of rotatable bonds is 8. The summed E-state index contributed by atoms with van der Waals surface area (Å²) in [5.74, 6) is 0. The van der Waals surface area contributed by atoms with Crippen molar-refractivity contribution in [1.29, 1.82) is 0 Å². The summed E-state index contributed by atoms with van der Waals surface area (Å²) in [6, 6.07) is 7.40. The van der Waals surface area contributed by atoms with Gasteiger partial charge in [-0.15, -0.1) is 0 Å². The summed E-state index contributed by atoms with van der Waals surface area (Å²) in [7, 11) is -11.7. The minimum Gasteiger partial charge on any atom is -0.366 e. The molecule has 0 aliphatic rings. The van der Waals surface area contributed by atoms with Crippen molar-refractivity contribution in [3.8, 4) is 0 Å². The zero-order chi connectivity index (χ0) is 25.9. The van der Waals surface area contributed by atoms with E-state index in [-0.39, 0.29) is 57.2 Å². The van der Waals surface area contributed by atoms with E-state index >= 15 is 0 Å². The summed E-state index contributed by atoms with van der Waals surface area (Å²) in [6.45, 7) is 2.87. The first-order valence-electron chi connectivity index (χ1n) is 9.46. The van der Waals surface area contributed by atoms with Gasteiger partial charge in [0, 0.05) is 18.4 Å². The molecular formula is C19H23N3NaO8S4+. The van der Waals surface area contributed by atoms with E-state index in [1.54, 1.807) is 7.05 Å². The molecular weight excluding hydrogens is 549 g/mol. The van der Waals surface area contributed by atoms with Crippen LogP contribution < -0.4 is 44.9 Å². The fourth-order valence-corrected chi connectivity index (χ4v) is 4.82. The van der Waals surface area contributed by atoms with Crippen molar-refractivity contribution in [3.05, 3.63) is 47.5 Å². The van der Waals surface area contributed by atoms with Crippen LogP contribution in [0.15, 0.2) is 46.2 Å². The van der Waals surface area contributed by atoms with Gasteiger partial charge >= 0.3 is 29.6 Å². The second-order valence-corrected chi connectivity index (χ2v) is 12.6. The number of thiocarbonyl (C=S) groups is 1. The Labute approximate surface area is 232 Å². The van der Waals surface area contributed by atoms with Gasteiger partial charge in [-0.2, -0.15) is 16.8 Å². The van der Waals surface area contributed by atoms with Crippen LogP contribution in [0.25, 0.3) is 12.2 Å². The Hall–Kier alpha value is -1.56. The number of hydrogen-bond acceptors (Lipinski definition) is 7. The standard InChI is InChI=1S/C19H23N3O8S4.Na/c1-12(2)32(23,24)22-16-9-7-14(18(11-16)34(28,29)30)5-4-13-6-8-15(21-19(31)20-3)10-17(13)33(25,26)27;/h4-12,22H,1-3H3,(H2,20,21,31)(H,25,26,27)(H,28,29,30);/q;+1/b5-4+;. The average molecular weight is 573 g/mol. The first-order chi connectivity index (χ1) is 15.5. The van der Waals surface area contributed by atoms with Crippen LogP contribution in [0, 0.1) is 0 Å². The molecule has 35 heavy (non-hydrogen) atoms. The molecule has 0 saturated heterocycles. The van der Waals surface area contributed by atoms with E-state index in [1.165, 1.54) is 50.3 Å². The molecule has 0 radical (unpaired) electrons. The summed E-state index contributed by atoms with van der Waals surface area (Å²) in [5, 5.41) is 4.78. The van der Waals surface area contributed by atoms with Crippen LogP contribution in [0.2, 0.25) is 0 Å². The minimum absolute atomic E-state index is 0. The Morgan fingerprint density at radius 1 is 0.857 bits per heavy atom. The monoisotopic (exact) mass is 572 g/mol. The maximum atomic E-state index is 12.1. The summed E-state index contributed by atoms with van der Waals surface area (Å²) in [4.78, 5) is -1.10. The van der Waals surface area contributed by atoms with Crippen molar-refractivity contribution in [3.63, 3.8) is 0 Å². The zero-order valence-corrected chi connectivity index (χ0v) is 24.4. The van der Waals surface area contributed by atoms with Crippen LogP contribution in [0.1, 0.15) is 25.0 Å². The number of anilines is 2. The molecule has 0 heterocycles. The molecule has 0 bridgehead atoms. The molecule has 2 rings (SSSR count). The molecule has 0 unspecified atom stereocenters. The molecule has 0 spiro atoms. The molecule has 2 aromatic rings. The summed E-state index contributed by atoms with van der Waals surface area (Å²) < 4.78 is 93.2. The van der Waals surface area contributed by atoms with Gasteiger partial charge in [0.05, 0.1) is 5.25 Å². The third kappa shape index (κ3) is 8.80. The second-order valence-electron chi connectivity index (χ2n) is 7.19. The van der Waals surface area contributed by atoms with Crippen LogP contribution in [-0.4, -0.2) is 51.8 Å². The van der Waals surface area contributed by atoms with Crippen LogP contribution in [0.4, 0.5) is 11.4 Å². The predicted octanol–water partition coefficient (Wildman–Crippen LogP) is -0.579. The van der Waals surface area contributed by atoms with Crippen LogP contribution in [-0.2, 0) is 30.3 Å². The van der Waals surface area contributed by atoms with Crippen molar-refractivity contribution < 1.29 is 63.9 Å². The van der Waals surface area contributed by atoms with Crippen LogP contribution >= 0.6 is 12.2 Å². The molecule has 2 aromatic carbocycles. The zero-order valence-electron chi connectivity index (χ0n) is 19.2. The molecule has 16 heteroatoms. The number of hydrogen-bond donors (Lipinski definition) is 5. The predicted molar refractivity (Wildman–Crippen MR) is 134 cm³/mol. The molecule has 0 fully saturated rings. The first-order valence-corrected chi connectivity index (χ1v) is 14.3. The van der Waals surface area contributed by atoms with E-state index in [4.69, 9.17) is 12.2 Å². The molecule has 0 saturated carbocycles. The normalized spacial score (nSPS) is 12.3. The van der Waals surface area contributed by atoms with Crippen LogP contribution in [0.5, 0.6) is 0 Å². The Morgan fingerprint density at radius 3 is 1.69 bits per heavy atom. The first kappa shape index (κ1) is 31.5. The number of sulfonamides is 1. The van der Waals surface area contributed by atoms with Gasteiger partial charge in [-0.25, -0.2) is 8.42 Å². The van der Waals surface area contributed by atoms with Gasteiger partial charge in [0.15, 0.2) is 5.11 Å². The third-order valence-corrected chi connectivity index (χ3v) is 8.28. The number of benzene rings is 2. The fourth-order valence-electron chi connectivity index (χ4n) is 2.59. The third-order valence-electron chi connectivity index (χ3n) is 4.39. The summed E-state index contributed by atoms with van der Waals surface area (Å²) >= 11 is 4.96. The SMILES string of the molecule is CNC(=S)Nc1ccc(/C=C/c2ccc(NS(=O)(=O)C(C)C)cc2S(=O)(=O)O)c(S(=O)(=O)O)c1.[Na+]. The van der Waals surface area contributed by atoms with E-state index in [2.05, 4.69) is 15.4 Å². The van der Waals surface area contributed by atoms with Crippen molar-refractivity contribution in [2.75, 3.05) is 17.1 Å². The van der Waals surface area contributed by atoms with Crippen molar-refractivity contribution >= 4 is 71.1 Å².